The Bertz CT molecular complexity index is 143. The van der Waals surface area contributed by atoms with Gasteiger partial charge in [-0.25, -0.2) is 0 Å². The molecule has 0 radical (unpaired) electrons. The average molecular weight is 213 g/mol. The molecule has 0 aliphatic carbocycles. The van der Waals surface area contributed by atoms with Gasteiger partial charge in [0, 0.05) is 0 Å². The molecule has 0 bridgehead atoms. The number of carboxylic acids is 1. The van der Waals surface area contributed by atoms with E-state index < -0.39 is 5.97 Å². The van der Waals surface area contributed by atoms with E-state index in [9.17, 15) is 4.79 Å². The summed E-state index contributed by atoms with van der Waals surface area (Å²) >= 11 is 4.74. The fourth-order valence-corrected chi connectivity index (χ4v) is 0.793. The Balaban J connectivity index is 0. The minimum Gasteiger partial charge on any atom is -0.480 e. The molecule has 0 amide bonds. The van der Waals surface area contributed by atoms with Crippen LogP contribution < -0.4 is 0 Å². The summed E-state index contributed by atoms with van der Waals surface area (Å²) in [5, 5.41) is 16.5. The molecular formula is C8H19ClNO3+. The summed E-state index contributed by atoms with van der Waals surface area (Å²) in [5.74, 6) is -1.29. The van der Waals surface area contributed by atoms with Crippen molar-refractivity contribution < 1.29 is 19.5 Å². The zero-order valence-corrected chi connectivity index (χ0v) is 9.38. The van der Waals surface area contributed by atoms with Crippen molar-refractivity contribution in [1.29, 1.82) is 0 Å². The largest absolute Gasteiger partial charge is 0.480 e. The van der Waals surface area contributed by atoms with Gasteiger partial charge in [-0.2, -0.15) is 0 Å². The van der Waals surface area contributed by atoms with Crippen molar-refractivity contribution in [3.05, 3.63) is 0 Å². The SMILES string of the molecule is CC(O)C[N+](C)(C)C.O=C(O)CCl. The predicted molar refractivity (Wildman–Crippen MR) is 52.9 cm³/mol. The van der Waals surface area contributed by atoms with Crippen LogP contribution in [-0.4, -0.2) is 60.3 Å². The van der Waals surface area contributed by atoms with Crippen molar-refractivity contribution in [1.82, 2.24) is 0 Å². The van der Waals surface area contributed by atoms with Gasteiger partial charge in [-0.05, 0) is 6.92 Å². The molecule has 0 aromatic heterocycles. The van der Waals surface area contributed by atoms with E-state index in [-0.39, 0.29) is 12.0 Å². The Morgan fingerprint density at radius 3 is 1.77 bits per heavy atom. The van der Waals surface area contributed by atoms with Crippen LogP contribution in [0.3, 0.4) is 0 Å². The lowest BCUT2D eigenvalue weighted by Gasteiger charge is -2.24. The van der Waals surface area contributed by atoms with Gasteiger partial charge in [0.05, 0.1) is 21.1 Å². The third-order valence-electron chi connectivity index (χ3n) is 0.926. The number of carboxylic acid groups (broad SMARTS) is 1. The molecule has 0 aromatic carbocycles. The molecule has 0 rings (SSSR count). The van der Waals surface area contributed by atoms with Crippen LogP contribution in [-0.2, 0) is 4.79 Å². The second kappa shape index (κ2) is 7.12. The highest BCUT2D eigenvalue weighted by Gasteiger charge is 2.09. The van der Waals surface area contributed by atoms with Gasteiger partial charge in [0.25, 0.3) is 0 Å². The van der Waals surface area contributed by atoms with Crippen LogP contribution in [0.25, 0.3) is 0 Å². The summed E-state index contributed by atoms with van der Waals surface area (Å²) < 4.78 is 0.831. The van der Waals surface area contributed by atoms with Crippen LogP contribution in [0.15, 0.2) is 0 Å². The van der Waals surface area contributed by atoms with Crippen molar-refractivity contribution in [3.8, 4) is 0 Å². The molecule has 0 heterocycles. The van der Waals surface area contributed by atoms with Crippen LogP contribution in [0.2, 0.25) is 0 Å². The molecular weight excluding hydrogens is 194 g/mol. The quantitative estimate of drug-likeness (QED) is 0.526. The monoisotopic (exact) mass is 212 g/mol. The van der Waals surface area contributed by atoms with E-state index in [0.29, 0.717) is 0 Å². The van der Waals surface area contributed by atoms with E-state index >= 15 is 0 Å². The summed E-state index contributed by atoms with van der Waals surface area (Å²) in [6.07, 6.45) is -0.185. The number of aliphatic carboxylic acids is 1. The minimum absolute atomic E-state index is 0.185. The van der Waals surface area contributed by atoms with Gasteiger partial charge in [0.1, 0.15) is 18.5 Å². The first-order valence-electron chi connectivity index (χ1n) is 3.95. The maximum atomic E-state index is 9.24. The number of carbonyl (C=O) groups is 1. The maximum absolute atomic E-state index is 9.24. The van der Waals surface area contributed by atoms with Gasteiger partial charge < -0.3 is 14.7 Å². The molecule has 2 N–H and O–H groups in total. The topological polar surface area (TPSA) is 57.5 Å². The van der Waals surface area contributed by atoms with E-state index in [1.807, 2.05) is 6.92 Å². The number of alkyl halides is 1. The zero-order valence-electron chi connectivity index (χ0n) is 8.62. The number of nitrogens with zero attached hydrogens (tertiary/aromatic N) is 1. The lowest BCUT2D eigenvalue weighted by Crippen LogP contribution is -2.40. The lowest BCUT2D eigenvalue weighted by molar-refractivity contribution is -0.873. The lowest BCUT2D eigenvalue weighted by atomic mass is 10.3. The van der Waals surface area contributed by atoms with Crippen molar-refractivity contribution in [2.45, 2.75) is 13.0 Å². The molecule has 0 saturated carbocycles. The Kier molecular flexibility index (Phi) is 8.30. The predicted octanol–water partition coefficient (Wildman–Crippen LogP) is 0.383. The van der Waals surface area contributed by atoms with Gasteiger partial charge in [0.2, 0.25) is 0 Å². The van der Waals surface area contributed by atoms with Crippen molar-refractivity contribution in [2.75, 3.05) is 33.6 Å². The second-order valence-electron chi connectivity index (χ2n) is 3.85. The molecule has 0 aromatic rings. The first-order valence-corrected chi connectivity index (χ1v) is 4.48. The molecule has 5 heteroatoms. The van der Waals surface area contributed by atoms with Crippen LogP contribution in [0.4, 0.5) is 0 Å². The number of quaternary nitrogens is 1. The molecule has 0 aliphatic rings. The number of aliphatic hydroxyl groups is 1. The highest BCUT2D eigenvalue weighted by atomic mass is 35.5. The number of rotatable bonds is 3. The number of hydrogen-bond acceptors (Lipinski definition) is 2. The van der Waals surface area contributed by atoms with Gasteiger partial charge in [-0.3, -0.25) is 4.79 Å². The van der Waals surface area contributed by atoms with Crippen LogP contribution in [0.1, 0.15) is 6.92 Å². The van der Waals surface area contributed by atoms with E-state index in [0.717, 1.165) is 11.0 Å². The average Bonchev–Trinajstić information content (AvgIpc) is 1.83. The van der Waals surface area contributed by atoms with E-state index in [2.05, 4.69) is 21.1 Å². The fourth-order valence-electron chi connectivity index (χ4n) is 0.793. The van der Waals surface area contributed by atoms with E-state index in [1.54, 1.807) is 0 Å². The Hall–Kier alpha value is -0.320. The van der Waals surface area contributed by atoms with Crippen molar-refractivity contribution in [2.24, 2.45) is 0 Å². The normalized spacial score (nSPS) is 12.8. The molecule has 0 saturated heterocycles. The van der Waals surface area contributed by atoms with Crippen molar-refractivity contribution >= 4 is 17.6 Å². The zero-order chi connectivity index (χ0) is 11.1. The van der Waals surface area contributed by atoms with Crippen molar-refractivity contribution in [3.63, 3.8) is 0 Å². The van der Waals surface area contributed by atoms with E-state index in [4.69, 9.17) is 21.8 Å². The molecule has 4 nitrogen and oxygen atoms in total. The molecule has 1 atom stereocenters. The third-order valence-corrected chi connectivity index (χ3v) is 1.15. The summed E-state index contributed by atoms with van der Waals surface area (Å²) in [4.78, 5) is 9.24. The van der Waals surface area contributed by atoms with Gasteiger partial charge in [0.15, 0.2) is 0 Å². The van der Waals surface area contributed by atoms with Crippen LogP contribution >= 0.6 is 11.6 Å². The first-order chi connectivity index (χ1) is 5.69. The molecule has 0 spiro atoms. The maximum Gasteiger partial charge on any atom is 0.318 e. The second-order valence-corrected chi connectivity index (χ2v) is 4.12. The number of hydrogen-bond donors (Lipinski definition) is 2. The summed E-state index contributed by atoms with van der Waals surface area (Å²) in [5.41, 5.74) is 0. The van der Waals surface area contributed by atoms with Gasteiger partial charge in [-0.1, -0.05) is 0 Å². The van der Waals surface area contributed by atoms with Crippen LogP contribution in [0.5, 0.6) is 0 Å². The summed E-state index contributed by atoms with van der Waals surface area (Å²) in [7, 11) is 6.19. The third kappa shape index (κ3) is 24.5. The number of halogens is 1. The molecule has 0 aliphatic heterocycles. The first kappa shape index (κ1) is 15.2. The standard InChI is InChI=1S/C6H16NO.C2H3ClO2/c1-6(8)5-7(2,3)4;3-1-2(4)5/h6,8H,5H2,1-4H3;1H2,(H,4,5)/q+1;. The highest BCUT2D eigenvalue weighted by Crippen LogP contribution is 1.92. The molecule has 13 heavy (non-hydrogen) atoms. The Morgan fingerprint density at radius 2 is 1.77 bits per heavy atom. The minimum atomic E-state index is -0.980. The molecule has 0 fully saturated rings. The fraction of sp³-hybridized carbons (Fsp3) is 0.875. The van der Waals surface area contributed by atoms with E-state index in [1.165, 1.54) is 0 Å². The smallest absolute Gasteiger partial charge is 0.318 e. The Labute approximate surface area is 84.3 Å². The van der Waals surface area contributed by atoms with Gasteiger partial charge in [-0.15, -0.1) is 11.6 Å². The molecule has 1 unspecified atom stereocenters. The Morgan fingerprint density at radius 1 is 1.46 bits per heavy atom. The van der Waals surface area contributed by atoms with Crippen LogP contribution in [0, 0.1) is 0 Å². The summed E-state index contributed by atoms with van der Waals surface area (Å²) in [6, 6.07) is 0. The highest BCUT2D eigenvalue weighted by molar-refractivity contribution is 6.26. The van der Waals surface area contributed by atoms with Gasteiger partial charge >= 0.3 is 5.97 Å². The molecule has 80 valence electrons. The number of aliphatic hydroxyl groups excluding tert-OH is 1. The number of likely N-dealkylation sites (N-methyl/N-ethyl adjacent to an activating group) is 1. The summed E-state index contributed by atoms with van der Waals surface area (Å²) in [6.45, 7) is 2.63.